The first-order chi connectivity index (χ1) is 13.2. The number of hydrogen-bond acceptors (Lipinski definition) is 4. The van der Waals surface area contributed by atoms with E-state index in [0.29, 0.717) is 13.2 Å². The van der Waals surface area contributed by atoms with Gasteiger partial charge in [-0.05, 0) is 55.0 Å². The molecule has 1 saturated heterocycles. The van der Waals surface area contributed by atoms with Gasteiger partial charge < -0.3 is 9.47 Å². The second-order valence-corrected chi connectivity index (χ2v) is 6.74. The summed E-state index contributed by atoms with van der Waals surface area (Å²) in [5, 5.41) is 0. The van der Waals surface area contributed by atoms with Crippen molar-refractivity contribution in [3.63, 3.8) is 0 Å². The molecule has 0 amide bonds. The van der Waals surface area contributed by atoms with Gasteiger partial charge in [0.25, 0.3) is 0 Å². The molecule has 2 aromatic carbocycles. The fraction of sp³-hybridized carbons (Fsp3) is 0.409. The van der Waals surface area contributed by atoms with Crippen LogP contribution in [0.5, 0.6) is 0 Å². The highest BCUT2D eigenvalue weighted by Gasteiger charge is 2.25. The summed E-state index contributed by atoms with van der Waals surface area (Å²) < 4.78 is 24.2. The van der Waals surface area contributed by atoms with E-state index in [-0.39, 0.29) is 24.6 Å². The maximum atomic E-state index is 13.0. The maximum absolute atomic E-state index is 13.0. The van der Waals surface area contributed by atoms with Gasteiger partial charge >= 0.3 is 5.97 Å². The number of benzene rings is 2. The SMILES string of the molecule is CCOC(=O)CN1CCCCC1OCc1ccc(-c2ccc(F)cc2)cc1. The maximum Gasteiger partial charge on any atom is 0.320 e. The van der Waals surface area contributed by atoms with Crippen molar-refractivity contribution in [3.05, 3.63) is 59.9 Å². The summed E-state index contributed by atoms with van der Waals surface area (Å²) in [5.74, 6) is -0.430. The van der Waals surface area contributed by atoms with Gasteiger partial charge in [0.2, 0.25) is 0 Å². The zero-order valence-corrected chi connectivity index (χ0v) is 15.7. The second-order valence-electron chi connectivity index (χ2n) is 6.74. The average molecular weight is 371 g/mol. The number of ether oxygens (including phenoxy) is 2. The average Bonchev–Trinajstić information content (AvgIpc) is 2.69. The number of carbonyl (C=O) groups excluding carboxylic acids is 1. The van der Waals surface area contributed by atoms with Crippen molar-refractivity contribution >= 4 is 5.97 Å². The molecule has 27 heavy (non-hydrogen) atoms. The molecule has 2 aromatic rings. The Morgan fingerprint density at radius 3 is 2.41 bits per heavy atom. The number of likely N-dealkylation sites (tertiary alicyclic amines) is 1. The van der Waals surface area contributed by atoms with E-state index in [0.717, 1.165) is 42.5 Å². The molecule has 5 heteroatoms. The zero-order chi connectivity index (χ0) is 19.1. The van der Waals surface area contributed by atoms with Crippen molar-refractivity contribution < 1.29 is 18.7 Å². The molecule has 3 rings (SSSR count). The lowest BCUT2D eigenvalue weighted by Crippen LogP contribution is -2.44. The second kappa shape index (κ2) is 9.62. The first kappa shape index (κ1) is 19.5. The minimum absolute atomic E-state index is 0.0556. The first-order valence-electron chi connectivity index (χ1n) is 9.52. The standard InChI is InChI=1S/C22H26FNO3/c1-2-26-22(25)15-24-14-4-3-5-21(24)27-16-17-6-8-18(9-7-17)19-10-12-20(23)13-11-19/h6-13,21H,2-5,14-16H2,1H3. The lowest BCUT2D eigenvalue weighted by molar-refractivity contribution is -0.152. The largest absolute Gasteiger partial charge is 0.465 e. The molecule has 0 saturated carbocycles. The quantitative estimate of drug-likeness (QED) is 0.677. The lowest BCUT2D eigenvalue weighted by Gasteiger charge is -2.34. The highest BCUT2D eigenvalue weighted by atomic mass is 19.1. The Morgan fingerprint density at radius 2 is 1.74 bits per heavy atom. The Morgan fingerprint density at radius 1 is 1.07 bits per heavy atom. The molecular weight excluding hydrogens is 345 g/mol. The number of nitrogens with zero attached hydrogens (tertiary/aromatic N) is 1. The molecule has 4 nitrogen and oxygen atoms in total. The highest BCUT2D eigenvalue weighted by molar-refractivity contribution is 5.71. The van der Waals surface area contributed by atoms with Gasteiger partial charge in [0, 0.05) is 6.54 Å². The first-order valence-corrected chi connectivity index (χ1v) is 9.52. The van der Waals surface area contributed by atoms with Gasteiger partial charge in [-0.3, -0.25) is 9.69 Å². The molecule has 0 aliphatic carbocycles. The molecule has 144 valence electrons. The van der Waals surface area contributed by atoms with E-state index in [9.17, 15) is 9.18 Å². The minimum Gasteiger partial charge on any atom is -0.465 e. The van der Waals surface area contributed by atoms with Crippen molar-refractivity contribution in [1.82, 2.24) is 4.90 Å². The van der Waals surface area contributed by atoms with Gasteiger partial charge in [-0.2, -0.15) is 0 Å². The van der Waals surface area contributed by atoms with Crippen LogP contribution in [0, 0.1) is 5.82 Å². The van der Waals surface area contributed by atoms with Crippen LogP contribution in [0.2, 0.25) is 0 Å². The van der Waals surface area contributed by atoms with Crippen LogP contribution in [0.25, 0.3) is 11.1 Å². The van der Waals surface area contributed by atoms with Crippen LogP contribution in [-0.2, 0) is 20.9 Å². The van der Waals surface area contributed by atoms with Gasteiger partial charge in [0.05, 0.1) is 19.8 Å². The molecule has 1 unspecified atom stereocenters. The summed E-state index contributed by atoms with van der Waals surface area (Å²) in [4.78, 5) is 13.8. The molecule has 1 fully saturated rings. The number of rotatable bonds is 7. The summed E-state index contributed by atoms with van der Waals surface area (Å²) in [7, 11) is 0. The minimum atomic E-state index is -0.233. The highest BCUT2D eigenvalue weighted by Crippen LogP contribution is 2.22. The topological polar surface area (TPSA) is 38.8 Å². The Kier molecular flexibility index (Phi) is 6.96. The molecule has 0 radical (unpaired) electrons. The smallest absolute Gasteiger partial charge is 0.320 e. The van der Waals surface area contributed by atoms with Gasteiger partial charge in [-0.15, -0.1) is 0 Å². The van der Waals surface area contributed by atoms with E-state index >= 15 is 0 Å². The van der Waals surface area contributed by atoms with E-state index in [1.54, 1.807) is 12.1 Å². The third kappa shape index (κ3) is 5.62. The van der Waals surface area contributed by atoms with Gasteiger partial charge in [-0.1, -0.05) is 36.4 Å². The molecule has 0 aromatic heterocycles. The molecule has 0 spiro atoms. The lowest BCUT2D eigenvalue weighted by atomic mass is 10.0. The van der Waals surface area contributed by atoms with Crippen molar-refractivity contribution in [2.75, 3.05) is 19.7 Å². The predicted molar refractivity (Wildman–Crippen MR) is 102 cm³/mol. The summed E-state index contributed by atoms with van der Waals surface area (Å²) in [5.41, 5.74) is 3.10. The molecule has 0 N–H and O–H groups in total. The zero-order valence-electron chi connectivity index (χ0n) is 15.7. The Labute approximate surface area is 159 Å². The van der Waals surface area contributed by atoms with E-state index in [1.807, 2.05) is 31.2 Å². The van der Waals surface area contributed by atoms with Crippen LogP contribution >= 0.6 is 0 Å². The van der Waals surface area contributed by atoms with E-state index < -0.39 is 0 Å². The summed E-state index contributed by atoms with van der Waals surface area (Å²) in [6, 6.07) is 14.6. The van der Waals surface area contributed by atoms with Gasteiger partial charge in [-0.25, -0.2) is 4.39 Å². The van der Waals surface area contributed by atoms with Crippen molar-refractivity contribution in [2.45, 2.75) is 39.0 Å². The van der Waals surface area contributed by atoms with Crippen LogP contribution in [0.3, 0.4) is 0 Å². The van der Waals surface area contributed by atoms with Crippen molar-refractivity contribution in [1.29, 1.82) is 0 Å². The predicted octanol–water partition coefficient (Wildman–Crippen LogP) is 4.38. The van der Waals surface area contributed by atoms with Crippen LogP contribution < -0.4 is 0 Å². The molecule has 1 aliphatic rings. The Hall–Kier alpha value is -2.24. The fourth-order valence-electron chi connectivity index (χ4n) is 3.33. The normalized spacial score (nSPS) is 17.6. The molecule has 1 heterocycles. The van der Waals surface area contributed by atoms with Crippen molar-refractivity contribution in [3.8, 4) is 11.1 Å². The van der Waals surface area contributed by atoms with Crippen LogP contribution in [0.15, 0.2) is 48.5 Å². The van der Waals surface area contributed by atoms with E-state index in [4.69, 9.17) is 9.47 Å². The Balaban J connectivity index is 1.56. The summed E-state index contributed by atoms with van der Waals surface area (Å²) >= 11 is 0. The summed E-state index contributed by atoms with van der Waals surface area (Å²) in [6.45, 7) is 3.85. The number of carbonyl (C=O) groups is 1. The fourth-order valence-corrected chi connectivity index (χ4v) is 3.33. The molecule has 0 bridgehead atoms. The molecule has 1 atom stereocenters. The number of hydrogen-bond donors (Lipinski definition) is 0. The third-order valence-electron chi connectivity index (χ3n) is 4.77. The monoisotopic (exact) mass is 371 g/mol. The molecule has 1 aliphatic heterocycles. The van der Waals surface area contributed by atoms with Gasteiger partial charge in [0.1, 0.15) is 12.0 Å². The van der Waals surface area contributed by atoms with E-state index in [1.165, 1.54) is 12.1 Å². The molecular formula is C22H26FNO3. The number of halogens is 1. The number of piperidine rings is 1. The van der Waals surface area contributed by atoms with E-state index in [2.05, 4.69) is 4.90 Å². The van der Waals surface area contributed by atoms with Crippen LogP contribution in [-0.4, -0.2) is 36.8 Å². The van der Waals surface area contributed by atoms with Crippen LogP contribution in [0.1, 0.15) is 31.7 Å². The number of esters is 1. The van der Waals surface area contributed by atoms with Crippen LogP contribution in [0.4, 0.5) is 4.39 Å². The van der Waals surface area contributed by atoms with Gasteiger partial charge in [0.15, 0.2) is 0 Å². The Bertz CT molecular complexity index is 730. The third-order valence-corrected chi connectivity index (χ3v) is 4.77. The van der Waals surface area contributed by atoms with Crippen molar-refractivity contribution in [2.24, 2.45) is 0 Å². The summed E-state index contributed by atoms with van der Waals surface area (Å²) in [6.07, 6.45) is 3.05.